The molecular formula is C12H19N3O2S. The highest BCUT2D eigenvalue weighted by Gasteiger charge is 2.41. The summed E-state index contributed by atoms with van der Waals surface area (Å²) in [6.45, 7) is 1.31. The van der Waals surface area contributed by atoms with E-state index >= 15 is 0 Å². The van der Waals surface area contributed by atoms with Gasteiger partial charge in [-0.2, -0.15) is 5.10 Å². The zero-order chi connectivity index (χ0) is 12.8. The van der Waals surface area contributed by atoms with Gasteiger partial charge in [-0.3, -0.25) is 4.68 Å². The molecule has 1 aliphatic carbocycles. The Kier molecular flexibility index (Phi) is 2.94. The molecule has 6 heteroatoms. The summed E-state index contributed by atoms with van der Waals surface area (Å²) in [4.78, 5) is 0. The van der Waals surface area contributed by atoms with Gasteiger partial charge >= 0.3 is 0 Å². The Balaban J connectivity index is 1.64. The third-order valence-corrected chi connectivity index (χ3v) is 6.31. The summed E-state index contributed by atoms with van der Waals surface area (Å²) < 4.78 is 27.7. The van der Waals surface area contributed by atoms with E-state index < -0.39 is 10.0 Å². The van der Waals surface area contributed by atoms with Crippen molar-refractivity contribution in [2.24, 2.45) is 7.05 Å². The van der Waals surface area contributed by atoms with E-state index in [-0.39, 0.29) is 5.25 Å². The summed E-state index contributed by atoms with van der Waals surface area (Å²) in [5.74, 6) is 0.414. The molecular weight excluding hydrogens is 250 g/mol. The van der Waals surface area contributed by atoms with E-state index in [4.69, 9.17) is 0 Å². The molecule has 100 valence electrons. The van der Waals surface area contributed by atoms with Gasteiger partial charge in [0.25, 0.3) is 0 Å². The minimum Gasteiger partial charge on any atom is -0.276 e. The summed E-state index contributed by atoms with van der Waals surface area (Å²) in [7, 11) is -1.07. The van der Waals surface area contributed by atoms with Gasteiger partial charge in [0.1, 0.15) is 0 Å². The number of hydrogen-bond acceptors (Lipinski definition) is 3. The van der Waals surface area contributed by atoms with Gasteiger partial charge in [0.2, 0.25) is 10.0 Å². The summed E-state index contributed by atoms with van der Waals surface area (Å²) in [6.07, 6.45) is 5.43. The molecule has 2 heterocycles. The molecule has 0 aromatic carbocycles. The maximum absolute atomic E-state index is 12.1. The van der Waals surface area contributed by atoms with Crippen molar-refractivity contribution in [3.8, 4) is 0 Å². The van der Waals surface area contributed by atoms with Gasteiger partial charge in [0, 0.05) is 32.3 Å². The second-order valence-electron chi connectivity index (χ2n) is 5.33. The fraction of sp³-hybridized carbons (Fsp3) is 0.750. The third kappa shape index (κ3) is 2.19. The van der Waals surface area contributed by atoms with E-state index in [0.717, 1.165) is 31.4 Å². The summed E-state index contributed by atoms with van der Waals surface area (Å²) in [5.41, 5.74) is 1.10. The van der Waals surface area contributed by atoms with Crippen LogP contribution in [0.4, 0.5) is 0 Å². The smallest absolute Gasteiger partial charge is 0.216 e. The number of sulfonamides is 1. The second kappa shape index (κ2) is 4.35. The van der Waals surface area contributed by atoms with Crippen LogP contribution in [0.25, 0.3) is 0 Å². The van der Waals surface area contributed by atoms with Crippen LogP contribution in [-0.4, -0.2) is 40.8 Å². The maximum Gasteiger partial charge on any atom is 0.216 e. The molecule has 2 fully saturated rings. The average molecular weight is 269 g/mol. The number of aromatic nitrogens is 2. The number of hydrogen-bond donors (Lipinski definition) is 0. The standard InChI is InChI=1S/C12H19N3O2S/c1-14-7-6-12(13-14)10-4-8-15(9-5-10)18(16,17)11-2-3-11/h6-7,10-11H,2-5,8-9H2,1H3. The molecule has 0 unspecified atom stereocenters. The lowest BCUT2D eigenvalue weighted by Crippen LogP contribution is -2.39. The SMILES string of the molecule is Cn1ccc(C2CCN(S(=O)(=O)C3CC3)CC2)n1. The van der Waals surface area contributed by atoms with E-state index in [1.807, 2.05) is 24.0 Å². The molecule has 3 rings (SSSR count). The Morgan fingerprint density at radius 1 is 1.22 bits per heavy atom. The fourth-order valence-electron chi connectivity index (χ4n) is 2.63. The molecule has 0 amide bonds. The minimum atomic E-state index is -2.98. The zero-order valence-electron chi connectivity index (χ0n) is 10.6. The van der Waals surface area contributed by atoms with Crippen LogP contribution in [0.3, 0.4) is 0 Å². The number of rotatable bonds is 3. The third-order valence-electron chi connectivity index (χ3n) is 3.91. The van der Waals surface area contributed by atoms with Crippen molar-refractivity contribution in [2.75, 3.05) is 13.1 Å². The van der Waals surface area contributed by atoms with Gasteiger partial charge in [0.15, 0.2) is 0 Å². The van der Waals surface area contributed by atoms with Crippen LogP contribution in [0.2, 0.25) is 0 Å². The van der Waals surface area contributed by atoms with E-state index in [1.54, 1.807) is 4.31 Å². The highest BCUT2D eigenvalue weighted by Crippen LogP contribution is 2.34. The van der Waals surface area contributed by atoms with Crippen molar-refractivity contribution in [1.82, 2.24) is 14.1 Å². The molecule has 0 bridgehead atoms. The van der Waals surface area contributed by atoms with Gasteiger partial charge in [-0.05, 0) is 31.7 Å². The Hall–Kier alpha value is -0.880. The van der Waals surface area contributed by atoms with E-state index in [0.29, 0.717) is 19.0 Å². The molecule has 0 N–H and O–H groups in total. The molecule has 1 aromatic heterocycles. The fourth-order valence-corrected chi connectivity index (χ4v) is 4.51. The lowest BCUT2D eigenvalue weighted by molar-refractivity contribution is 0.315. The van der Waals surface area contributed by atoms with Crippen molar-refractivity contribution in [3.05, 3.63) is 18.0 Å². The van der Waals surface area contributed by atoms with Crippen molar-refractivity contribution in [3.63, 3.8) is 0 Å². The summed E-state index contributed by atoms with van der Waals surface area (Å²) in [6, 6.07) is 2.04. The first-order valence-corrected chi connectivity index (χ1v) is 8.06. The van der Waals surface area contributed by atoms with Crippen molar-refractivity contribution >= 4 is 10.0 Å². The van der Waals surface area contributed by atoms with Gasteiger partial charge in [0.05, 0.1) is 10.9 Å². The quantitative estimate of drug-likeness (QED) is 0.825. The predicted molar refractivity (Wildman–Crippen MR) is 68.7 cm³/mol. The van der Waals surface area contributed by atoms with Crippen LogP contribution < -0.4 is 0 Å². The Morgan fingerprint density at radius 2 is 1.89 bits per heavy atom. The van der Waals surface area contributed by atoms with Gasteiger partial charge in [-0.15, -0.1) is 0 Å². The normalized spacial score (nSPS) is 23.4. The molecule has 18 heavy (non-hydrogen) atoms. The molecule has 0 radical (unpaired) electrons. The lowest BCUT2D eigenvalue weighted by Gasteiger charge is -2.30. The molecule has 1 saturated carbocycles. The Labute approximate surface area is 108 Å². The minimum absolute atomic E-state index is 0.0797. The Bertz CT molecular complexity index is 525. The van der Waals surface area contributed by atoms with E-state index in [1.165, 1.54) is 0 Å². The van der Waals surface area contributed by atoms with Crippen molar-refractivity contribution in [1.29, 1.82) is 0 Å². The maximum atomic E-state index is 12.1. The first kappa shape index (κ1) is 12.2. The highest BCUT2D eigenvalue weighted by atomic mass is 32.2. The molecule has 0 spiro atoms. The molecule has 0 atom stereocenters. The monoisotopic (exact) mass is 269 g/mol. The first-order chi connectivity index (χ1) is 8.57. The van der Waals surface area contributed by atoms with Crippen LogP contribution in [0.5, 0.6) is 0 Å². The molecule has 5 nitrogen and oxygen atoms in total. The first-order valence-electron chi connectivity index (χ1n) is 6.56. The Morgan fingerprint density at radius 3 is 2.39 bits per heavy atom. The summed E-state index contributed by atoms with van der Waals surface area (Å²) >= 11 is 0. The summed E-state index contributed by atoms with van der Waals surface area (Å²) in [5, 5.41) is 4.34. The van der Waals surface area contributed by atoms with Crippen LogP contribution in [0.1, 0.15) is 37.3 Å². The lowest BCUT2D eigenvalue weighted by atomic mass is 9.95. The molecule has 1 aliphatic heterocycles. The molecule has 1 saturated heterocycles. The van der Waals surface area contributed by atoms with Crippen LogP contribution in [0, 0.1) is 0 Å². The highest BCUT2D eigenvalue weighted by molar-refractivity contribution is 7.90. The number of piperidine rings is 1. The topological polar surface area (TPSA) is 55.2 Å². The van der Waals surface area contributed by atoms with Crippen molar-refractivity contribution < 1.29 is 8.42 Å². The molecule has 1 aromatic rings. The van der Waals surface area contributed by atoms with Gasteiger partial charge < -0.3 is 0 Å². The molecule has 2 aliphatic rings. The van der Waals surface area contributed by atoms with Gasteiger partial charge in [-0.25, -0.2) is 12.7 Å². The van der Waals surface area contributed by atoms with Gasteiger partial charge in [-0.1, -0.05) is 0 Å². The predicted octanol–water partition coefficient (Wildman–Crippen LogP) is 1.09. The number of aryl methyl sites for hydroxylation is 1. The van der Waals surface area contributed by atoms with E-state index in [9.17, 15) is 8.42 Å². The van der Waals surface area contributed by atoms with Crippen LogP contribution in [-0.2, 0) is 17.1 Å². The van der Waals surface area contributed by atoms with Crippen molar-refractivity contribution in [2.45, 2.75) is 36.9 Å². The largest absolute Gasteiger partial charge is 0.276 e. The average Bonchev–Trinajstić information content (AvgIpc) is 3.13. The second-order valence-corrected chi connectivity index (χ2v) is 7.54. The van der Waals surface area contributed by atoms with Crippen LogP contribution >= 0.6 is 0 Å². The zero-order valence-corrected chi connectivity index (χ0v) is 11.4. The van der Waals surface area contributed by atoms with Crippen LogP contribution in [0.15, 0.2) is 12.3 Å². The van der Waals surface area contributed by atoms with E-state index in [2.05, 4.69) is 5.10 Å². The number of nitrogens with zero attached hydrogens (tertiary/aromatic N) is 3.